The molecule has 0 unspecified atom stereocenters. The third-order valence-electron chi connectivity index (χ3n) is 2.73. The second-order valence-corrected chi connectivity index (χ2v) is 7.01. The van der Waals surface area contributed by atoms with Gasteiger partial charge in [-0.1, -0.05) is 23.5 Å². The average molecular weight is 310 g/mol. The molecule has 0 saturated carbocycles. The molecule has 2 aromatic heterocycles. The first-order chi connectivity index (χ1) is 9.47. The number of hydrogen-bond donors (Lipinski definition) is 3. The molecular formula is C11H10N4O3S2. The number of nitrogens with one attached hydrogen (secondary N) is 3. The Labute approximate surface area is 117 Å². The van der Waals surface area contributed by atoms with Crippen molar-refractivity contribution in [3.8, 4) is 0 Å². The number of aromatic amines is 2. The highest BCUT2D eigenvalue weighted by Crippen LogP contribution is 2.24. The SMILES string of the molecule is Cc1[nH]c(=O)sc1S(=O)(=O)Nc1n[nH]c2ccccc12. The van der Waals surface area contributed by atoms with Crippen LogP contribution in [0.2, 0.25) is 0 Å². The molecule has 0 radical (unpaired) electrons. The van der Waals surface area contributed by atoms with E-state index in [1.54, 1.807) is 18.2 Å². The summed E-state index contributed by atoms with van der Waals surface area (Å²) in [5.41, 5.74) is 1.04. The summed E-state index contributed by atoms with van der Waals surface area (Å²) in [6, 6.07) is 7.15. The van der Waals surface area contributed by atoms with Crippen LogP contribution < -0.4 is 9.60 Å². The molecule has 1 aromatic carbocycles. The number of hydrogen-bond acceptors (Lipinski definition) is 5. The van der Waals surface area contributed by atoms with Gasteiger partial charge in [0.15, 0.2) is 10.0 Å². The lowest BCUT2D eigenvalue weighted by Crippen LogP contribution is -2.13. The molecular weight excluding hydrogens is 300 g/mol. The average Bonchev–Trinajstić information content (AvgIpc) is 2.94. The van der Waals surface area contributed by atoms with E-state index in [0.717, 1.165) is 5.52 Å². The maximum absolute atomic E-state index is 12.3. The van der Waals surface area contributed by atoms with Crippen LogP contribution in [0.3, 0.4) is 0 Å². The molecule has 0 fully saturated rings. The lowest BCUT2D eigenvalue weighted by atomic mass is 10.2. The zero-order valence-electron chi connectivity index (χ0n) is 10.3. The first-order valence-electron chi connectivity index (χ1n) is 5.63. The van der Waals surface area contributed by atoms with Crippen LogP contribution in [0.1, 0.15) is 5.69 Å². The maximum Gasteiger partial charge on any atom is 0.306 e. The Morgan fingerprint density at radius 3 is 2.75 bits per heavy atom. The van der Waals surface area contributed by atoms with Gasteiger partial charge in [-0.25, -0.2) is 8.42 Å². The van der Waals surface area contributed by atoms with Gasteiger partial charge in [-0.3, -0.25) is 14.6 Å². The number of sulfonamides is 1. The molecule has 2 heterocycles. The van der Waals surface area contributed by atoms with Gasteiger partial charge in [-0.15, -0.1) is 0 Å². The molecule has 7 nitrogen and oxygen atoms in total. The van der Waals surface area contributed by atoms with E-state index in [0.29, 0.717) is 22.4 Å². The molecule has 9 heteroatoms. The summed E-state index contributed by atoms with van der Waals surface area (Å²) in [6.07, 6.45) is 0. The van der Waals surface area contributed by atoms with Crippen molar-refractivity contribution in [3.05, 3.63) is 39.6 Å². The van der Waals surface area contributed by atoms with Gasteiger partial charge in [0.1, 0.15) is 0 Å². The number of anilines is 1. The Morgan fingerprint density at radius 1 is 1.30 bits per heavy atom. The van der Waals surface area contributed by atoms with Crippen molar-refractivity contribution >= 4 is 38.1 Å². The van der Waals surface area contributed by atoms with Gasteiger partial charge in [0, 0.05) is 11.1 Å². The molecule has 104 valence electrons. The largest absolute Gasteiger partial charge is 0.315 e. The van der Waals surface area contributed by atoms with Gasteiger partial charge >= 0.3 is 4.87 Å². The number of aromatic nitrogens is 3. The third-order valence-corrected chi connectivity index (χ3v) is 5.67. The number of aryl methyl sites for hydroxylation is 1. The monoisotopic (exact) mass is 310 g/mol. The predicted octanol–water partition coefficient (Wildman–Crippen LogP) is 1.42. The van der Waals surface area contributed by atoms with Crippen molar-refractivity contribution in [1.82, 2.24) is 15.2 Å². The van der Waals surface area contributed by atoms with Gasteiger partial charge in [0.25, 0.3) is 10.0 Å². The van der Waals surface area contributed by atoms with Gasteiger partial charge in [-0.2, -0.15) is 5.10 Å². The van der Waals surface area contributed by atoms with Gasteiger partial charge in [0.05, 0.1) is 5.52 Å². The number of nitrogens with zero attached hydrogens (tertiary/aromatic N) is 1. The lowest BCUT2D eigenvalue weighted by molar-refractivity contribution is 0.602. The van der Waals surface area contributed by atoms with Crippen LogP contribution in [0.25, 0.3) is 10.9 Å². The normalized spacial score (nSPS) is 11.8. The van der Waals surface area contributed by atoms with Crippen LogP contribution in [0.5, 0.6) is 0 Å². The number of H-pyrrole nitrogens is 2. The summed E-state index contributed by atoms with van der Waals surface area (Å²) in [4.78, 5) is 13.3. The fraction of sp³-hybridized carbons (Fsp3) is 0.0909. The van der Waals surface area contributed by atoms with Crippen molar-refractivity contribution < 1.29 is 8.42 Å². The summed E-state index contributed by atoms with van der Waals surface area (Å²) >= 11 is 0.649. The molecule has 0 atom stereocenters. The Bertz CT molecular complexity index is 936. The van der Waals surface area contributed by atoms with Crippen molar-refractivity contribution in [2.45, 2.75) is 11.1 Å². The van der Waals surface area contributed by atoms with E-state index in [9.17, 15) is 13.2 Å². The molecule has 3 N–H and O–H groups in total. The van der Waals surface area contributed by atoms with E-state index in [4.69, 9.17) is 0 Å². The maximum atomic E-state index is 12.3. The minimum absolute atomic E-state index is 0.0328. The van der Waals surface area contributed by atoms with Crippen molar-refractivity contribution in [3.63, 3.8) is 0 Å². The van der Waals surface area contributed by atoms with E-state index in [1.807, 2.05) is 6.07 Å². The summed E-state index contributed by atoms with van der Waals surface area (Å²) in [7, 11) is -3.83. The first-order valence-corrected chi connectivity index (χ1v) is 7.93. The smallest absolute Gasteiger partial charge is 0.306 e. The van der Waals surface area contributed by atoms with Crippen molar-refractivity contribution in [2.75, 3.05) is 4.72 Å². The van der Waals surface area contributed by atoms with Crippen LogP contribution in [-0.2, 0) is 10.0 Å². The van der Waals surface area contributed by atoms with E-state index < -0.39 is 14.9 Å². The topological polar surface area (TPSA) is 108 Å². The summed E-state index contributed by atoms with van der Waals surface area (Å²) < 4.78 is 26.9. The summed E-state index contributed by atoms with van der Waals surface area (Å²) in [5, 5.41) is 7.35. The zero-order valence-corrected chi connectivity index (χ0v) is 11.9. The van der Waals surface area contributed by atoms with Crippen LogP contribution in [-0.4, -0.2) is 23.6 Å². The molecule has 0 amide bonds. The molecule has 3 rings (SSSR count). The summed E-state index contributed by atoms with van der Waals surface area (Å²) in [5.74, 6) is 0.209. The highest BCUT2D eigenvalue weighted by Gasteiger charge is 2.22. The molecule has 0 bridgehead atoms. The van der Waals surface area contributed by atoms with Crippen molar-refractivity contribution in [1.29, 1.82) is 0 Å². The Kier molecular flexibility index (Phi) is 2.87. The molecule has 0 aliphatic heterocycles. The molecule has 0 spiro atoms. The second-order valence-electron chi connectivity index (χ2n) is 4.15. The Balaban J connectivity index is 2.06. The lowest BCUT2D eigenvalue weighted by Gasteiger charge is -2.03. The van der Waals surface area contributed by atoms with E-state index in [-0.39, 0.29) is 10.0 Å². The van der Waals surface area contributed by atoms with Crippen LogP contribution in [0.15, 0.2) is 33.3 Å². The van der Waals surface area contributed by atoms with E-state index in [1.165, 1.54) is 6.92 Å². The molecule has 0 aliphatic rings. The fourth-order valence-electron chi connectivity index (χ4n) is 1.86. The van der Waals surface area contributed by atoms with E-state index >= 15 is 0 Å². The number of thiazole rings is 1. The first kappa shape index (κ1) is 12.9. The number of rotatable bonds is 3. The molecule has 20 heavy (non-hydrogen) atoms. The van der Waals surface area contributed by atoms with Crippen LogP contribution >= 0.6 is 11.3 Å². The second kappa shape index (κ2) is 4.46. The molecule has 0 aliphatic carbocycles. The van der Waals surface area contributed by atoms with Crippen LogP contribution in [0.4, 0.5) is 5.82 Å². The van der Waals surface area contributed by atoms with Gasteiger partial charge in [-0.05, 0) is 19.1 Å². The number of para-hydroxylation sites is 1. The fourth-order valence-corrected chi connectivity index (χ4v) is 4.19. The molecule has 0 saturated heterocycles. The highest BCUT2D eigenvalue weighted by atomic mass is 32.2. The van der Waals surface area contributed by atoms with E-state index in [2.05, 4.69) is 19.9 Å². The van der Waals surface area contributed by atoms with Crippen LogP contribution in [0, 0.1) is 6.92 Å². The number of benzene rings is 1. The zero-order chi connectivity index (χ0) is 14.3. The van der Waals surface area contributed by atoms with Crippen molar-refractivity contribution in [2.24, 2.45) is 0 Å². The van der Waals surface area contributed by atoms with Gasteiger partial charge < -0.3 is 4.98 Å². The standard InChI is InChI=1S/C11H10N4O3S2/c1-6-10(19-11(16)12-6)20(17,18)15-9-7-4-2-3-5-8(7)13-14-9/h2-5H,1H3,(H,12,16)(H2,13,14,15). The quantitative estimate of drug-likeness (QED) is 0.680. The Morgan fingerprint density at radius 2 is 2.05 bits per heavy atom. The Hall–Kier alpha value is -2.13. The predicted molar refractivity (Wildman–Crippen MR) is 76.6 cm³/mol. The summed E-state index contributed by atoms with van der Waals surface area (Å²) in [6.45, 7) is 1.54. The minimum atomic E-state index is -3.83. The minimum Gasteiger partial charge on any atom is -0.315 e. The number of fused-ring (bicyclic) bond motifs is 1. The highest BCUT2D eigenvalue weighted by molar-refractivity contribution is 7.94. The van der Waals surface area contributed by atoms with Gasteiger partial charge in [0.2, 0.25) is 0 Å². The molecule has 3 aromatic rings. The third kappa shape index (κ3) is 2.10.